The highest BCUT2D eigenvalue weighted by molar-refractivity contribution is 5.14. The van der Waals surface area contributed by atoms with E-state index < -0.39 is 0 Å². The van der Waals surface area contributed by atoms with Crippen molar-refractivity contribution >= 4 is 0 Å². The molecule has 19 heavy (non-hydrogen) atoms. The summed E-state index contributed by atoms with van der Waals surface area (Å²) in [7, 11) is 0. The summed E-state index contributed by atoms with van der Waals surface area (Å²) in [5.41, 5.74) is 0. The molecule has 1 N–H and O–H groups in total. The summed E-state index contributed by atoms with van der Waals surface area (Å²) in [5, 5.41) is 8.40. The lowest BCUT2D eigenvalue weighted by Crippen LogP contribution is -1.79. The first kappa shape index (κ1) is 17.8. The summed E-state index contributed by atoms with van der Waals surface area (Å²) in [6.45, 7) is 2.26. The fourth-order valence-corrected chi connectivity index (χ4v) is 1.88. The molecule has 1 heteroatoms. The second-order valence-corrected chi connectivity index (χ2v) is 4.80. The Labute approximate surface area is 119 Å². The minimum atomic E-state index is 1.03. The Kier molecular flexibility index (Phi) is 15.7. The van der Waals surface area contributed by atoms with Crippen molar-refractivity contribution in [1.29, 1.82) is 0 Å². The number of allylic oxidation sites excluding steroid dienone is 7. The minimum Gasteiger partial charge on any atom is -0.516 e. The summed E-state index contributed by atoms with van der Waals surface area (Å²) >= 11 is 0. The molecular weight excluding hydrogens is 232 g/mol. The van der Waals surface area contributed by atoms with E-state index in [4.69, 9.17) is 5.11 Å². The largest absolute Gasteiger partial charge is 0.516 e. The highest BCUT2D eigenvalue weighted by Gasteiger charge is 1.89. The van der Waals surface area contributed by atoms with Crippen molar-refractivity contribution in [2.45, 2.75) is 64.7 Å². The summed E-state index contributed by atoms with van der Waals surface area (Å²) in [6, 6.07) is 0. The average Bonchev–Trinajstić information content (AvgIpc) is 2.43. The van der Waals surface area contributed by atoms with Crippen LogP contribution in [0.15, 0.2) is 48.8 Å². The third-order valence-electron chi connectivity index (χ3n) is 3.00. The van der Waals surface area contributed by atoms with E-state index in [0.29, 0.717) is 0 Å². The van der Waals surface area contributed by atoms with Gasteiger partial charge >= 0.3 is 0 Å². The molecule has 0 saturated carbocycles. The van der Waals surface area contributed by atoms with Crippen molar-refractivity contribution in [3.05, 3.63) is 48.8 Å². The van der Waals surface area contributed by atoms with Gasteiger partial charge in [-0.15, -0.1) is 0 Å². The monoisotopic (exact) mass is 262 g/mol. The quantitative estimate of drug-likeness (QED) is 0.250. The molecule has 0 fully saturated rings. The van der Waals surface area contributed by atoms with Crippen molar-refractivity contribution in [2.24, 2.45) is 0 Å². The summed E-state index contributed by atoms with van der Waals surface area (Å²) in [6.07, 6.45) is 26.8. The van der Waals surface area contributed by atoms with Crippen LogP contribution in [0.3, 0.4) is 0 Å². The van der Waals surface area contributed by atoms with Crippen LogP contribution in [0, 0.1) is 0 Å². The van der Waals surface area contributed by atoms with Crippen molar-refractivity contribution in [3.63, 3.8) is 0 Å². The van der Waals surface area contributed by atoms with Crippen molar-refractivity contribution < 1.29 is 5.11 Å². The van der Waals surface area contributed by atoms with E-state index >= 15 is 0 Å². The summed E-state index contributed by atoms with van der Waals surface area (Å²) in [5.74, 6) is 0. The van der Waals surface area contributed by atoms with Gasteiger partial charge in [-0.25, -0.2) is 0 Å². The van der Waals surface area contributed by atoms with E-state index in [1.807, 2.05) is 18.2 Å². The third kappa shape index (κ3) is 16.8. The summed E-state index contributed by atoms with van der Waals surface area (Å²) in [4.78, 5) is 0. The van der Waals surface area contributed by atoms with E-state index in [1.165, 1.54) is 57.8 Å². The highest BCUT2D eigenvalue weighted by Crippen LogP contribution is 2.09. The molecule has 0 aromatic heterocycles. The second kappa shape index (κ2) is 16.8. The van der Waals surface area contributed by atoms with Crippen LogP contribution in [0.5, 0.6) is 0 Å². The molecule has 0 saturated heterocycles. The fourth-order valence-electron chi connectivity index (χ4n) is 1.88. The van der Waals surface area contributed by atoms with E-state index in [1.54, 1.807) is 12.2 Å². The first-order chi connectivity index (χ1) is 9.41. The molecule has 0 rings (SSSR count). The Bertz CT molecular complexity index is 271. The molecule has 0 aliphatic heterocycles. The van der Waals surface area contributed by atoms with Gasteiger partial charge in [0.1, 0.15) is 0 Å². The van der Waals surface area contributed by atoms with Crippen LogP contribution in [-0.4, -0.2) is 5.11 Å². The molecule has 0 heterocycles. The van der Waals surface area contributed by atoms with Crippen LogP contribution in [0.25, 0.3) is 0 Å². The molecular formula is C18H30O. The van der Waals surface area contributed by atoms with Gasteiger partial charge in [0.05, 0.1) is 6.26 Å². The van der Waals surface area contributed by atoms with Crippen LogP contribution < -0.4 is 0 Å². The normalized spacial score (nSPS) is 12.7. The molecule has 108 valence electrons. The Balaban J connectivity index is 3.25. The average molecular weight is 262 g/mol. The lowest BCUT2D eigenvalue weighted by molar-refractivity contribution is 0.474. The van der Waals surface area contributed by atoms with Gasteiger partial charge in [0, 0.05) is 0 Å². The lowest BCUT2D eigenvalue weighted by atomic mass is 10.1. The van der Waals surface area contributed by atoms with Crippen LogP contribution in [0.1, 0.15) is 64.7 Å². The minimum absolute atomic E-state index is 1.03. The number of unbranched alkanes of at least 4 members (excludes halogenated alkanes) is 8. The fraction of sp³-hybridized carbons (Fsp3) is 0.556. The van der Waals surface area contributed by atoms with Gasteiger partial charge in [-0.1, -0.05) is 88.3 Å². The maximum atomic E-state index is 8.40. The number of aliphatic hydroxyl groups excluding tert-OH is 1. The zero-order chi connectivity index (χ0) is 14.0. The third-order valence-corrected chi connectivity index (χ3v) is 3.00. The van der Waals surface area contributed by atoms with Crippen LogP contribution in [-0.2, 0) is 0 Å². The first-order valence-electron chi connectivity index (χ1n) is 7.71. The molecule has 0 aliphatic rings. The Morgan fingerprint density at radius 1 is 0.632 bits per heavy atom. The van der Waals surface area contributed by atoms with Gasteiger partial charge in [-0.05, 0) is 18.9 Å². The van der Waals surface area contributed by atoms with Crippen LogP contribution in [0.2, 0.25) is 0 Å². The lowest BCUT2D eigenvalue weighted by Gasteiger charge is -1.99. The predicted molar refractivity (Wildman–Crippen MR) is 86.4 cm³/mol. The molecule has 0 amide bonds. The molecule has 0 bridgehead atoms. The Morgan fingerprint density at radius 2 is 1.16 bits per heavy atom. The molecule has 0 unspecified atom stereocenters. The first-order valence-corrected chi connectivity index (χ1v) is 7.71. The number of rotatable bonds is 12. The van der Waals surface area contributed by atoms with Gasteiger partial charge in [0.15, 0.2) is 0 Å². The van der Waals surface area contributed by atoms with Crippen molar-refractivity contribution in [2.75, 3.05) is 0 Å². The SMILES string of the molecule is CCCCCCCCCCC=CC=CC=CC=CO. The van der Waals surface area contributed by atoms with Crippen molar-refractivity contribution in [3.8, 4) is 0 Å². The van der Waals surface area contributed by atoms with Gasteiger partial charge < -0.3 is 5.11 Å². The Hall–Kier alpha value is -1.24. The second-order valence-electron chi connectivity index (χ2n) is 4.80. The molecule has 0 radical (unpaired) electrons. The van der Waals surface area contributed by atoms with Crippen molar-refractivity contribution in [1.82, 2.24) is 0 Å². The number of hydrogen-bond donors (Lipinski definition) is 1. The number of aliphatic hydroxyl groups is 1. The molecule has 0 spiro atoms. The summed E-state index contributed by atoms with van der Waals surface area (Å²) < 4.78 is 0. The molecule has 0 aromatic rings. The zero-order valence-corrected chi connectivity index (χ0v) is 12.4. The number of hydrogen-bond acceptors (Lipinski definition) is 1. The Morgan fingerprint density at radius 3 is 1.79 bits per heavy atom. The highest BCUT2D eigenvalue weighted by atomic mass is 16.2. The van der Waals surface area contributed by atoms with Gasteiger partial charge in [0.25, 0.3) is 0 Å². The van der Waals surface area contributed by atoms with Gasteiger partial charge in [-0.2, -0.15) is 0 Å². The van der Waals surface area contributed by atoms with E-state index in [0.717, 1.165) is 6.26 Å². The van der Waals surface area contributed by atoms with Gasteiger partial charge in [-0.3, -0.25) is 0 Å². The molecule has 0 aliphatic carbocycles. The molecule has 1 nitrogen and oxygen atoms in total. The topological polar surface area (TPSA) is 20.2 Å². The van der Waals surface area contributed by atoms with E-state index in [9.17, 15) is 0 Å². The zero-order valence-electron chi connectivity index (χ0n) is 12.4. The van der Waals surface area contributed by atoms with Crippen LogP contribution in [0.4, 0.5) is 0 Å². The van der Waals surface area contributed by atoms with Gasteiger partial charge in [0.2, 0.25) is 0 Å². The maximum absolute atomic E-state index is 8.40. The van der Waals surface area contributed by atoms with E-state index in [-0.39, 0.29) is 0 Å². The molecule has 0 atom stereocenters. The smallest absolute Gasteiger partial charge is 0.0791 e. The van der Waals surface area contributed by atoms with Crippen LogP contribution >= 0.6 is 0 Å². The maximum Gasteiger partial charge on any atom is 0.0791 e. The standard InChI is InChI=1S/C18H30O/c1-2-3-4-5-6-7-8-9-10-11-12-13-14-15-16-17-18-19/h11-19H,2-10H2,1H3. The molecule has 0 aromatic carbocycles. The van der Waals surface area contributed by atoms with E-state index in [2.05, 4.69) is 19.1 Å². The predicted octanol–water partition coefficient (Wildman–Crippen LogP) is 6.26.